The second kappa shape index (κ2) is 5.30. The fraction of sp³-hybridized carbons (Fsp3) is 0.412. The first kappa shape index (κ1) is 15.4. The van der Waals surface area contributed by atoms with Crippen LogP contribution in [0, 0.1) is 10.1 Å². The fourth-order valence-electron chi connectivity index (χ4n) is 3.02. The van der Waals surface area contributed by atoms with Crippen LogP contribution < -0.4 is 0 Å². The molecular weight excluding hydrogens is 294 g/mol. The summed E-state index contributed by atoms with van der Waals surface area (Å²) >= 11 is 0. The van der Waals surface area contributed by atoms with Crippen molar-refractivity contribution in [3.8, 4) is 11.3 Å². The van der Waals surface area contributed by atoms with Gasteiger partial charge >= 0.3 is 0 Å². The molecule has 0 saturated carbocycles. The SMILES string of the molecule is CC(C)(C)n1nc(-c2ccc([N+](=O)[O-])cc2)c2c1CCCC2=O. The highest BCUT2D eigenvalue weighted by atomic mass is 16.6. The average molecular weight is 313 g/mol. The van der Waals surface area contributed by atoms with E-state index in [1.165, 1.54) is 12.1 Å². The molecule has 0 saturated heterocycles. The highest BCUT2D eigenvalue weighted by molar-refractivity contribution is 6.03. The third-order valence-electron chi connectivity index (χ3n) is 4.06. The van der Waals surface area contributed by atoms with E-state index in [-0.39, 0.29) is 17.0 Å². The topological polar surface area (TPSA) is 78.0 Å². The molecule has 3 rings (SSSR count). The molecule has 6 heteroatoms. The van der Waals surface area contributed by atoms with Crippen molar-refractivity contribution < 1.29 is 9.72 Å². The Bertz CT molecular complexity index is 783. The van der Waals surface area contributed by atoms with Crippen LogP contribution in [0.25, 0.3) is 11.3 Å². The molecule has 0 atom stereocenters. The van der Waals surface area contributed by atoms with Crippen molar-refractivity contribution in [3.05, 3.63) is 45.6 Å². The third kappa shape index (κ3) is 2.65. The molecule has 0 N–H and O–H groups in total. The van der Waals surface area contributed by atoms with Crippen LogP contribution in [0.3, 0.4) is 0 Å². The van der Waals surface area contributed by atoms with Gasteiger partial charge in [0.2, 0.25) is 0 Å². The van der Waals surface area contributed by atoms with Crippen LogP contribution in [0.5, 0.6) is 0 Å². The number of nitro benzene ring substituents is 1. The van der Waals surface area contributed by atoms with E-state index in [1.54, 1.807) is 12.1 Å². The van der Waals surface area contributed by atoms with Crippen LogP contribution in [0.1, 0.15) is 49.7 Å². The van der Waals surface area contributed by atoms with E-state index in [2.05, 4.69) is 25.9 Å². The van der Waals surface area contributed by atoms with Gasteiger partial charge in [0.25, 0.3) is 5.69 Å². The Hall–Kier alpha value is -2.50. The number of aromatic nitrogens is 2. The summed E-state index contributed by atoms with van der Waals surface area (Å²) in [7, 11) is 0. The lowest BCUT2D eigenvalue weighted by atomic mass is 9.91. The molecule has 0 amide bonds. The summed E-state index contributed by atoms with van der Waals surface area (Å²) in [4.78, 5) is 22.8. The van der Waals surface area contributed by atoms with E-state index < -0.39 is 4.92 Å². The van der Waals surface area contributed by atoms with Crippen LogP contribution in [0.4, 0.5) is 5.69 Å². The molecule has 120 valence electrons. The maximum Gasteiger partial charge on any atom is 0.269 e. The number of carbonyl (C=O) groups excluding carboxylic acids is 1. The number of nitro groups is 1. The summed E-state index contributed by atoms with van der Waals surface area (Å²) < 4.78 is 1.93. The zero-order chi connectivity index (χ0) is 16.8. The second-order valence-corrected chi connectivity index (χ2v) is 6.83. The van der Waals surface area contributed by atoms with Crippen LogP contribution >= 0.6 is 0 Å². The van der Waals surface area contributed by atoms with Gasteiger partial charge in [-0.05, 0) is 45.7 Å². The van der Waals surface area contributed by atoms with Crippen molar-refractivity contribution in [3.63, 3.8) is 0 Å². The van der Waals surface area contributed by atoms with E-state index in [0.29, 0.717) is 17.7 Å². The largest absolute Gasteiger partial charge is 0.294 e. The van der Waals surface area contributed by atoms with Crippen molar-refractivity contribution in [2.24, 2.45) is 0 Å². The monoisotopic (exact) mass is 313 g/mol. The summed E-state index contributed by atoms with van der Waals surface area (Å²) in [5, 5.41) is 15.5. The zero-order valence-corrected chi connectivity index (χ0v) is 13.5. The van der Waals surface area contributed by atoms with Gasteiger partial charge in [-0.15, -0.1) is 0 Å². The minimum atomic E-state index is -0.432. The van der Waals surface area contributed by atoms with Gasteiger partial charge in [-0.3, -0.25) is 19.6 Å². The van der Waals surface area contributed by atoms with E-state index in [0.717, 1.165) is 24.1 Å². The second-order valence-electron chi connectivity index (χ2n) is 6.83. The number of hydrogen-bond acceptors (Lipinski definition) is 4. The van der Waals surface area contributed by atoms with Crippen LogP contribution in [-0.2, 0) is 12.0 Å². The molecule has 0 unspecified atom stereocenters. The first-order chi connectivity index (χ1) is 10.8. The number of fused-ring (bicyclic) bond motifs is 1. The zero-order valence-electron chi connectivity index (χ0n) is 13.5. The molecule has 0 spiro atoms. The highest BCUT2D eigenvalue weighted by Gasteiger charge is 2.31. The van der Waals surface area contributed by atoms with Gasteiger partial charge in [0, 0.05) is 24.1 Å². The smallest absolute Gasteiger partial charge is 0.269 e. The first-order valence-electron chi connectivity index (χ1n) is 7.69. The lowest BCUT2D eigenvalue weighted by molar-refractivity contribution is -0.384. The van der Waals surface area contributed by atoms with Gasteiger partial charge < -0.3 is 0 Å². The van der Waals surface area contributed by atoms with Crippen LogP contribution in [0.2, 0.25) is 0 Å². The van der Waals surface area contributed by atoms with Crippen molar-refractivity contribution in [2.45, 2.75) is 45.6 Å². The maximum absolute atomic E-state index is 12.4. The number of hydrogen-bond donors (Lipinski definition) is 0. The Morgan fingerprint density at radius 1 is 1.17 bits per heavy atom. The fourth-order valence-corrected chi connectivity index (χ4v) is 3.02. The Morgan fingerprint density at radius 2 is 1.83 bits per heavy atom. The standard InChI is InChI=1S/C17H19N3O3/c1-17(2,3)19-13-5-4-6-14(21)15(13)16(18-19)11-7-9-12(10-8-11)20(22)23/h7-10H,4-6H2,1-3H3. The number of benzene rings is 1. The molecule has 6 nitrogen and oxygen atoms in total. The molecule has 0 bridgehead atoms. The number of non-ortho nitro benzene ring substituents is 1. The van der Waals surface area contributed by atoms with Crippen LogP contribution in [-0.4, -0.2) is 20.5 Å². The van der Waals surface area contributed by atoms with Crippen LogP contribution in [0.15, 0.2) is 24.3 Å². The van der Waals surface area contributed by atoms with Crippen molar-refractivity contribution in [1.82, 2.24) is 9.78 Å². The molecule has 1 aromatic heterocycles. The molecule has 1 heterocycles. The van der Waals surface area contributed by atoms with E-state index >= 15 is 0 Å². The number of carbonyl (C=O) groups is 1. The number of ketones is 1. The molecule has 1 aromatic carbocycles. The molecule has 0 radical (unpaired) electrons. The normalized spacial score (nSPS) is 14.7. The van der Waals surface area contributed by atoms with Gasteiger partial charge in [-0.2, -0.15) is 5.10 Å². The highest BCUT2D eigenvalue weighted by Crippen LogP contribution is 2.34. The van der Waals surface area contributed by atoms with E-state index in [4.69, 9.17) is 0 Å². The lowest BCUT2D eigenvalue weighted by Gasteiger charge is -2.24. The van der Waals surface area contributed by atoms with Gasteiger partial charge in [-0.1, -0.05) is 0 Å². The molecular formula is C17H19N3O3. The molecule has 1 aliphatic carbocycles. The Kier molecular flexibility index (Phi) is 3.55. The van der Waals surface area contributed by atoms with E-state index in [9.17, 15) is 14.9 Å². The van der Waals surface area contributed by atoms with E-state index in [1.807, 2.05) is 4.68 Å². The average Bonchev–Trinajstić information content (AvgIpc) is 2.88. The molecule has 23 heavy (non-hydrogen) atoms. The summed E-state index contributed by atoms with van der Waals surface area (Å²) in [6.45, 7) is 6.16. The van der Waals surface area contributed by atoms with Crippen molar-refractivity contribution >= 4 is 11.5 Å². The maximum atomic E-state index is 12.4. The summed E-state index contributed by atoms with van der Waals surface area (Å²) in [5.74, 6) is 0.107. The first-order valence-corrected chi connectivity index (χ1v) is 7.69. The van der Waals surface area contributed by atoms with Crippen molar-refractivity contribution in [2.75, 3.05) is 0 Å². The van der Waals surface area contributed by atoms with Gasteiger partial charge in [-0.25, -0.2) is 0 Å². The predicted molar refractivity (Wildman–Crippen MR) is 86.6 cm³/mol. The van der Waals surface area contributed by atoms with Gasteiger partial charge in [0.1, 0.15) is 5.69 Å². The molecule has 0 fully saturated rings. The molecule has 1 aliphatic rings. The lowest BCUT2D eigenvalue weighted by Crippen LogP contribution is -2.27. The summed E-state index contributed by atoms with van der Waals surface area (Å²) in [6.07, 6.45) is 2.20. The minimum Gasteiger partial charge on any atom is -0.294 e. The number of nitrogens with zero attached hydrogens (tertiary/aromatic N) is 3. The van der Waals surface area contributed by atoms with Gasteiger partial charge in [0.05, 0.1) is 21.7 Å². The summed E-state index contributed by atoms with van der Waals surface area (Å²) in [6, 6.07) is 6.22. The Morgan fingerprint density at radius 3 is 2.39 bits per heavy atom. The van der Waals surface area contributed by atoms with Gasteiger partial charge in [0.15, 0.2) is 5.78 Å². The Balaban J connectivity index is 2.17. The van der Waals surface area contributed by atoms with Crippen molar-refractivity contribution in [1.29, 1.82) is 0 Å². The quantitative estimate of drug-likeness (QED) is 0.625. The third-order valence-corrected chi connectivity index (χ3v) is 4.06. The number of Topliss-reactive ketones (excluding diaryl/α,β-unsaturated/α-hetero) is 1. The molecule has 0 aliphatic heterocycles. The Labute approximate surface area is 134 Å². The summed E-state index contributed by atoms with van der Waals surface area (Å²) in [5.41, 5.74) is 2.84. The molecule has 2 aromatic rings. The minimum absolute atomic E-state index is 0.0317. The predicted octanol–water partition coefficient (Wildman–Crippen LogP) is 3.73. The number of rotatable bonds is 2.